The van der Waals surface area contributed by atoms with E-state index in [1.54, 1.807) is 4.90 Å². The van der Waals surface area contributed by atoms with Gasteiger partial charge in [-0.3, -0.25) is 4.79 Å². The van der Waals surface area contributed by atoms with Gasteiger partial charge in [0.05, 0.1) is 0 Å². The zero-order valence-corrected chi connectivity index (χ0v) is 9.52. The van der Waals surface area contributed by atoms with E-state index in [1.807, 2.05) is 30.3 Å². The lowest BCUT2D eigenvalue weighted by atomic mass is 10.1. The zero-order valence-electron chi connectivity index (χ0n) is 9.52. The molecular formula is C13H19NO. The maximum absolute atomic E-state index is 11.0. The van der Waals surface area contributed by atoms with Crippen LogP contribution in [-0.2, 0) is 4.79 Å². The Kier molecular flexibility index (Phi) is 4.88. The second kappa shape index (κ2) is 6.23. The number of benzene rings is 1. The van der Waals surface area contributed by atoms with Crippen molar-refractivity contribution in [2.24, 2.45) is 0 Å². The van der Waals surface area contributed by atoms with E-state index < -0.39 is 0 Å². The van der Waals surface area contributed by atoms with E-state index in [-0.39, 0.29) is 6.04 Å². The number of carbonyl (C=O) groups is 1. The van der Waals surface area contributed by atoms with Crippen LogP contribution in [0.3, 0.4) is 0 Å². The third-order valence-electron chi connectivity index (χ3n) is 2.62. The standard InChI is InChI=1S/C13H19NO/c1-3-4-8-12(2)14(11-15)13-9-6-5-7-10-13/h5-7,9-12H,3-4,8H2,1-2H3. The zero-order chi connectivity index (χ0) is 11.1. The lowest BCUT2D eigenvalue weighted by molar-refractivity contribution is -0.107. The molecule has 1 atom stereocenters. The lowest BCUT2D eigenvalue weighted by Gasteiger charge is -2.25. The van der Waals surface area contributed by atoms with Crippen molar-refractivity contribution in [3.63, 3.8) is 0 Å². The summed E-state index contributed by atoms with van der Waals surface area (Å²) in [6, 6.07) is 10.1. The summed E-state index contributed by atoms with van der Waals surface area (Å²) in [5, 5.41) is 0. The van der Waals surface area contributed by atoms with Gasteiger partial charge in [-0.25, -0.2) is 0 Å². The lowest BCUT2D eigenvalue weighted by Crippen LogP contribution is -2.31. The van der Waals surface area contributed by atoms with Crippen LogP contribution in [-0.4, -0.2) is 12.5 Å². The average Bonchev–Trinajstić information content (AvgIpc) is 2.29. The van der Waals surface area contributed by atoms with Gasteiger partial charge in [0.2, 0.25) is 6.41 Å². The van der Waals surface area contributed by atoms with E-state index in [0.717, 1.165) is 18.5 Å². The number of amides is 1. The summed E-state index contributed by atoms with van der Waals surface area (Å²) in [6.45, 7) is 4.26. The molecule has 2 nitrogen and oxygen atoms in total. The van der Waals surface area contributed by atoms with Gasteiger partial charge in [-0.1, -0.05) is 38.0 Å². The van der Waals surface area contributed by atoms with Crippen molar-refractivity contribution in [1.29, 1.82) is 0 Å². The fraction of sp³-hybridized carbons (Fsp3) is 0.462. The molecule has 1 aromatic rings. The Balaban J connectivity index is 2.67. The van der Waals surface area contributed by atoms with Gasteiger partial charge in [0, 0.05) is 11.7 Å². The van der Waals surface area contributed by atoms with Crippen molar-refractivity contribution in [3.05, 3.63) is 30.3 Å². The monoisotopic (exact) mass is 205 g/mol. The molecule has 0 saturated heterocycles. The third kappa shape index (κ3) is 3.39. The average molecular weight is 205 g/mol. The Hall–Kier alpha value is -1.31. The van der Waals surface area contributed by atoms with Gasteiger partial charge in [0.15, 0.2) is 0 Å². The largest absolute Gasteiger partial charge is 0.312 e. The minimum Gasteiger partial charge on any atom is -0.312 e. The molecule has 1 unspecified atom stereocenters. The normalized spacial score (nSPS) is 12.1. The summed E-state index contributed by atoms with van der Waals surface area (Å²) in [7, 11) is 0. The van der Waals surface area contributed by atoms with Crippen LogP contribution < -0.4 is 4.90 Å². The van der Waals surface area contributed by atoms with E-state index in [4.69, 9.17) is 0 Å². The molecule has 0 aliphatic heterocycles. The molecule has 0 spiro atoms. The Bertz CT molecular complexity index is 284. The highest BCUT2D eigenvalue weighted by Crippen LogP contribution is 2.17. The topological polar surface area (TPSA) is 20.3 Å². The van der Waals surface area contributed by atoms with E-state index >= 15 is 0 Å². The SMILES string of the molecule is CCCCC(C)N(C=O)c1ccccc1. The first-order chi connectivity index (χ1) is 7.29. The fourth-order valence-corrected chi connectivity index (χ4v) is 1.66. The first kappa shape index (κ1) is 11.8. The molecule has 0 N–H and O–H groups in total. The molecule has 1 aromatic carbocycles. The number of hydrogen-bond acceptors (Lipinski definition) is 1. The highest BCUT2D eigenvalue weighted by Gasteiger charge is 2.12. The van der Waals surface area contributed by atoms with Crippen LogP contribution >= 0.6 is 0 Å². The van der Waals surface area contributed by atoms with Crippen molar-refractivity contribution in [2.45, 2.75) is 39.2 Å². The van der Waals surface area contributed by atoms with Crippen molar-refractivity contribution in [2.75, 3.05) is 4.90 Å². The number of carbonyl (C=O) groups excluding carboxylic acids is 1. The van der Waals surface area contributed by atoms with E-state index in [2.05, 4.69) is 13.8 Å². The second-order valence-corrected chi connectivity index (χ2v) is 3.84. The molecule has 0 bridgehead atoms. The molecule has 0 aliphatic rings. The Morgan fingerprint density at radius 2 is 2.00 bits per heavy atom. The summed E-state index contributed by atoms with van der Waals surface area (Å²) in [4.78, 5) is 12.8. The molecule has 0 saturated carbocycles. The number of nitrogens with zero attached hydrogens (tertiary/aromatic N) is 1. The van der Waals surface area contributed by atoms with Crippen LogP contribution in [0.5, 0.6) is 0 Å². The molecule has 0 aromatic heterocycles. The summed E-state index contributed by atoms with van der Waals surface area (Å²) in [5.41, 5.74) is 0.983. The first-order valence-corrected chi connectivity index (χ1v) is 5.58. The molecule has 1 amide bonds. The quantitative estimate of drug-likeness (QED) is 0.653. The molecule has 2 heteroatoms. The molecule has 82 valence electrons. The van der Waals surface area contributed by atoms with Crippen LogP contribution in [0.25, 0.3) is 0 Å². The number of anilines is 1. The minimum atomic E-state index is 0.282. The Morgan fingerprint density at radius 1 is 1.33 bits per heavy atom. The maximum atomic E-state index is 11.0. The first-order valence-electron chi connectivity index (χ1n) is 5.58. The fourth-order valence-electron chi connectivity index (χ4n) is 1.66. The molecule has 1 rings (SSSR count). The van der Waals surface area contributed by atoms with Gasteiger partial charge in [-0.15, -0.1) is 0 Å². The summed E-state index contributed by atoms with van der Waals surface area (Å²) in [6.07, 6.45) is 4.32. The summed E-state index contributed by atoms with van der Waals surface area (Å²) >= 11 is 0. The third-order valence-corrected chi connectivity index (χ3v) is 2.62. The van der Waals surface area contributed by atoms with Crippen molar-refractivity contribution >= 4 is 12.1 Å². The van der Waals surface area contributed by atoms with Crippen molar-refractivity contribution in [3.8, 4) is 0 Å². The van der Waals surface area contributed by atoms with Crippen LogP contribution in [0.15, 0.2) is 30.3 Å². The molecule has 0 heterocycles. The highest BCUT2D eigenvalue weighted by molar-refractivity contribution is 5.75. The van der Waals surface area contributed by atoms with Gasteiger partial charge < -0.3 is 4.90 Å². The van der Waals surface area contributed by atoms with Gasteiger partial charge in [-0.05, 0) is 25.5 Å². The van der Waals surface area contributed by atoms with Crippen LogP contribution in [0.2, 0.25) is 0 Å². The Labute approximate surface area is 91.9 Å². The van der Waals surface area contributed by atoms with Crippen molar-refractivity contribution in [1.82, 2.24) is 0 Å². The van der Waals surface area contributed by atoms with Crippen LogP contribution in [0.1, 0.15) is 33.1 Å². The number of hydrogen-bond donors (Lipinski definition) is 0. The molecule has 0 radical (unpaired) electrons. The number of para-hydroxylation sites is 1. The number of rotatable bonds is 6. The molecule has 15 heavy (non-hydrogen) atoms. The van der Waals surface area contributed by atoms with Gasteiger partial charge in [-0.2, -0.15) is 0 Å². The van der Waals surface area contributed by atoms with E-state index in [9.17, 15) is 4.79 Å². The van der Waals surface area contributed by atoms with E-state index in [0.29, 0.717) is 0 Å². The predicted octanol–water partition coefficient (Wildman–Crippen LogP) is 3.23. The molecule has 0 aliphatic carbocycles. The van der Waals surface area contributed by atoms with Gasteiger partial charge >= 0.3 is 0 Å². The predicted molar refractivity (Wildman–Crippen MR) is 64.0 cm³/mol. The number of unbranched alkanes of at least 4 members (excludes halogenated alkanes) is 1. The smallest absolute Gasteiger partial charge is 0.214 e. The minimum absolute atomic E-state index is 0.282. The second-order valence-electron chi connectivity index (χ2n) is 3.84. The summed E-state index contributed by atoms with van der Waals surface area (Å²) < 4.78 is 0. The molecular weight excluding hydrogens is 186 g/mol. The highest BCUT2D eigenvalue weighted by atomic mass is 16.1. The van der Waals surface area contributed by atoms with Crippen molar-refractivity contribution < 1.29 is 4.79 Å². The Morgan fingerprint density at radius 3 is 2.53 bits per heavy atom. The van der Waals surface area contributed by atoms with Gasteiger partial charge in [0.1, 0.15) is 0 Å². The van der Waals surface area contributed by atoms with Crippen LogP contribution in [0, 0.1) is 0 Å². The van der Waals surface area contributed by atoms with Crippen LogP contribution in [0.4, 0.5) is 5.69 Å². The van der Waals surface area contributed by atoms with Gasteiger partial charge in [0.25, 0.3) is 0 Å². The maximum Gasteiger partial charge on any atom is 0.214 e. The molecule has 0 fully saturated rings. The van der Waals surface area contributed by atoms with E-state index in [1.165, 1.54) is 12.8 Å². The summed E-state index contributed by atoms with van der Waals surface area (Å²) in [5.74, 6) is 0.